The minimum Gasteiger partial charge on any atom is -0.0776 e. The molecule has 0 radical (unpaired) electrons. The Kier molecular flexibility index (Phi) is 11.8. The van der Waals surface area contributed by atoms with E-state index in [1.165, 1.54) is 148 Å². The fourth-order valence-electron chi connectivity index (χ4n) is 16.7. The molecule has 0 bridgehead atoms. The Labute approximate surface area is 490 Å². The SMILES string of the molecule is C.CC1(C)c2ccccc2-c2ccccc21.c1ccc2c(c1)-c1ccccc1C21CCCC1.c1ccc2c(c1)-c1ccccc1C21c2ccccc2-c2ccccc21.c1ccc2c(c1)-c1ccccc1C21c2ccccc2-c2ccccc21. The second kappa shape index (κ2) is 19.4. The van der Waals surface area contributed by atoms with Crippen LogP contribution in [0.4, 0.5) is 0 Å². The molecule has 0 saturated heterocycles. The lowest BCUT2D eigenvalue weighted by Crippen LogP contribution is -2.25. The maximum atomic E-state index is 2.35. The van der Waals surface area contributed by atoms with E-state index in [0.717, 1.165) is 0 Å². The van der Waals surface area contributed by atoms with Crippen LogP contribution in [0.2, 0.25) is 0 Å². The third kappa shape index (κ3) is 6.99. The fraction of sp³-hybridized carbons (Fsp3) is 0.133. The normalized spacial score (nSPS) is 15.7. The van der Waals surface area contributed by atoms with Crippen LogP contribution in [0.15, 0.2) is 291 Å². The third-order valence-electron chi connectivity index (χ3n) is 19.9. The van der Waals surface area contributed by atoms with Gasteiger partial charge in [-0.05, 0) is 146 Å². The van der Waals surface area contributed by atoms with Crippen molar-refractivity contribution in [2.45, 2.75) is 68.6 Å². The zero-order valence-corrected chi connectivity index (χ0v) is 46.5. The molecule has 0 heterocycles. The molecule has 0 aliphatic heterocycles. The first-order valence-electron chi connectivity index (χ1n) is 29.6. The summed E-state index contributed by atoms with van der Waals surface area (Å²) in [6.07, 6.45) is 5.42. The topological polar surface area (TPSA) is 0 Å². The maximum Gasteiger partial charge on any atom is 0.0725 e. The summed E-state index contributed by atoms with van der Waals surface area (Å²) in [5, 5.41) is 0. The average molecular weight is 1060 g/mol. The van der Waals surface area contributed by atoms with Crippen LogP contribution in [-0.4, -0.2) is 0 Å². The van der Waals surface area contributed by atoms with Crippen molar-refractivity contribution in [2.24, 2.45) is 0 Å². The van der Waals surface area contributed by atoms with Gasteiger partial charge in [0.15, 0.2) is 0 Å². The minimum absolute atomic E-state index is 0. The summed E-state index contributed by atoms with van der Waals surface area (Å²) in [7, 11) is 0. The summed E-state index contributed by atoms with van der Waals surface area (Å²) >= 11 is 0. The monoisotopic (exact) mass is 1060 g/mol. The highest BCUT2D eigenvalue weighted by molar-refractivity contribution is 5.96. The van der Waals surface area contributed by atoms with E-state index in [-0.39, 0.29) is 23.7 Å². The van der Waals surface area contributed by atoms with E-state index in [1.54, 1.807) is 11.1 Å². The van der Waals surface area contributed by atoms with Crippen LogP contribution in [0, 0.1) is 0 Å². The molecule has 83 heavy (non-hydrogen) atoms. The second-order valence-electron chi connectivity index (χ2n) is 24.0. The number of hydrogen-bond donors (Lipinski definition) is 0. The molecular weight excluding hydrogens is 997 g/mol. The van der Waals surface area contributed by atoms with Crippen LogP contribution in [-0.2, 0) is 21.7 Å². The minimum atomic E-state index is -0.180. The molecule has 12 aromatic rings. The largest absolute Gasteiger partial charge is 0.0776 e. The second-order valence-corrected chi connectivity index (χ2v) is 24.0. The van der Waals surface area contributed by atoms with Crippen LogP contribution in [0.1, 0.15) is 114 Å². The quantitative estimate of drug-likeness (QED) is 0.142. The first-order chi connectivity index (χ1) is 40.5. The molecule has 398 valence electrons. The molecule has 12 aromatic carbocycles. The van der Waals surface area contributed by atoms with E-state index in [0.29, 0.717) is 5.41 Å². The smallest absolute Gasteiger partial charge is 0.0725 e. The van der Waals surface area contributed by atoms with Crippen molar-refractivity contribution in [3.63, 3.8) is 0 Å². The molecule has 7 aliphatic rings. The van der Waals surface area contributed by atoms with Gasteiger partial charge in [-0.25, -0.2) is 0 Å². The fourth-order valence-corrected chi connectivity index (χ4v) is 16.7. The van der Waals surface area contributed by atoms with Crippen LogP contribution in [0.25, 0.3) is 66.8 Å². The van der Waals surface area contributed by atoms with Gasteiger partial charge in [-0.15, -0.1) is 0 Å². The summed E-state index contributed by atoms with van der Waals surface area (Å²) in [6, 6.07) is 107. The van der Waals surface area contributed by atoms with Crippen LogP contribution < -0.4 is 0 Å². The molecule has 7 aliphatic carbocycles. The molecule has 1 saturated carbocycles. The Hall–Kier alpha value is -9.36. The van der Waals surface area contributed by atoms with E-state index in [9.17, 15) is 0 Å². The molecule has 0 unspecified atom stereocenters. The number of rotatable bonds is 0. The van der Waals surface area contributed by atoms with Crippen molar-refractivity contribution >= 4 is 0 Å². The molecule has 3 spiro atoms. The van der Waals surface area contributed by atoms with E-state index in [1.807, 2.05) is 0 Å². The van der Waals surface area contributed by atoms with Gasteiger partial charge in [0.1, 0.15) is 0 Å². The first kappa shape index (κ1) is 50.6. The van der Waals surface area contributed by atoms with E-state index in [2.05, 4.69) is 305 Å². The zero-order chi connectivity index (χ0) is 54.6. The molecule has 1 fully saturated rings. The van der Waals surface area contributed by atoms with Crippen molar-refractivity contribution in [2.75, 3.05) is 0 Å². The lowest BCUT2D eigenvalue weighted by atomic mass is 9.70. The molecule has 0 atom stereocenters. The lowest BCUT2D eigenvalue weighted by Gasteiger charge is -2.30. The summed E-state index contributed by atoms with van der Waals surface area (Å²) in [5.41, 5.74) is 34.2. The lowest BCUT2D eigenvalue weighted by molar-refractivity contribution is 0.550. The van der Waals surface area contributed by atoms with Crippen molar-refractivity contribution in [3.05, 3.63) is 358 Å². The Bertz CT molecular complexity index is 3860. The van der Waals surface area contributed by atoms with Crippen molar-refractivity contribution in [3.8, 4) is 66.8 Å². The number of hydrogen-bond acceptors (Lipinski definition) is 0. The summed E-state index contributed by atoms with van der Waals surface area (Å²) in [4.78, 5) is 0. The van der Waals surface area contributed by atoms with Crippen LogP contribution >= 0.6 is 0 Å². The zero-order valence-electron chi connectivity index (χ0n) is 46.5. The summed E-state index contributed by atoms with van der Waals surface area (Å²) in [5.74, 6) is 0. The standard InChI is InChI=1S/2C25H16.C17H16.C15H14.CH4/c2*1-5-13-21-17(9-1)18-10-2-6-14-22(18)25(21)23-15-7-3-11-19(23)20-12-4-8-16-24(20)25;1-3-9-15-13(7-1)14-8-2-4-10-16(14)17(15)11-5-6-12-17;1-15(2)13-9-5-3-7-11(13)12-8-4-6-10-14(12)15;/h2*1-16H;1-4,7-10H,5-6,11-12H2;3-10H,1-2H3;1H4. The number of benzene rings is 12. The molecule has 19 rings (SSSR count). The van der Waals surface area contributed by atoms with E-state index < -0.39 is 0 Å². The van der Waals surface area contributed by atoms with Gasteiger partial charge in [-0.3, -0.25) is 0 Å². The molecule has 0 nitrogen and oxygen atoms in total. The van der Waals surface area contributed by atoms with Gasteiger partial charge in [0, 0.05) is 10.8 Å². The average Bonchev–Trinajstić information content (AvgIpc) is 1.66. The van der Waals surface area contributed by atoms with Crippen molar-refractivity contribution < 1.29 is 0 Å². The van der Waals surface area contributed by atoms with Gasteiger partial charge < -0.3 is 0 Å². The summed E-state index contributed by atoms with van der Waals surface area (Å²) < 4.78 is 0. The van der Waals surface area contributed by atoms with Gasteiger partial charge in [0.05, 0.1) is 10.8 Å². The Morgan fingerprint density at radius 2 is 0.337 bits per heavy atom. The first-order valence-corrected chi connectivity index (χ1v) is 29.6. The molecular formula is C83H66. The van der Waals surface area contributed by atoms with Crippen LogP contribution in [0.3, 0.4) is 0 Å². The third-order valence-corrected chi connectivity index (χ3v) is 19.9. The maximum absolute atomic E-state index is 2.35. The molecule has 0 aromatic heterocycles. The van der Waals surface area contributed by atoms with Gasteiger partial charge in [0.2, 0.25) is 0 Å². The Morgan fingerprint density at radius 1 is 0.193 bits per heavy atom. The van der Waals surface area contributed by atoms with Crippen LogP contribution in [0.5, 0.6) is 0 Å². The Morgan fingerprint density at radius 3 is 0.542 bits per heavy atom. The highest BCUT2D eigenvalue weighted by Crippen LogP contribution is 2.64. The van der Waals surface area contributed by atoms with Crippen molar-refractivity contribution in [1.29, 1.82) is 0 Å². The van der Waals surface area contributed by atoms with E-state index >= 15 is 0 Å². The van der Waals surface area contributed by atoms with Gasteiger partial charge in [-0.2, -0.15) is 0 Å². The Balaban J connectivity index is 0.0000000962. The molecule has 0 amide bonds. The molecule has 0 heteroatoms. The predicted molar refractivity (Wildman–Crippen MR) is 347 cm³/mol. The number of fused-ring (bicyclic) bond motifs is 28. The van der Waals surface area contributed by atoms with Gasteiger partial charge in [-0.1, -0.05) is 325 Å². The highest BCUT2D eigenvalue weighted by atomic mass is 14.5. The van der Waals surface area contributed by atoms with Gasteiger partial charge >= 0.3 is 0 Å². The predicted octanol–water partition coefficient (Wildman–Crippen LogP) is 21.2. The summed E-state index contributed by atoms with van der Waals surface area (Å²) in [6.45, 7) is 4.61. The van der Waals surface area contributed by atoms with Gasteiger partial charge in [0.25, 0.3) is 0 Å². The van der Waals surface area contributed by atoms with E-state index in [4.69, 9.17) is 0 Å². The molecule has 0 N–H and O–H groups in total. The van der Waals surface area contributed by atoms with Crippen molar-refractivity contribution in [1.82, 2.24) is 0 Å². The highest BCUT2D eigenvalue weighted by Gasteiger charge is 2.53.